The molecule has 3 heterocycles. The first-order valence-electron chi connectivity index (χ1n) is 12.7. The van der Waals surface area contributed by atoms with Gasteiger partial charge >= 0.3 is 0 Å². The molecule has 206 valence electrons. The van der Waals surface area contributed by atoms with Gasteiger partial charge in [0.1, 0.15) is 36.0 Å². The molecule has 0 spiro atoms. The van der Waals surface area contributed by atoms with Gasteiger partial charge in [-0.3, -0.25) is 19.3 Å². The van der Waals surface area contributed by atoms with Gasteiger partial charge in [-0.05, 0) is 38.6 Å². The Morgan fingerprint density at radius 3 is 2.63 bits per heavy atom. The first-order valence-corrected chi connectivity index (χ1v) is 13.6. The van der Waals surface area contributed by atoms with Crippen LogP contribution in [-0.4, -0.2) is 97.7 Å². The number of benzene rings is 1. The first-order chi connectivity index (χ1) is 18.1. The SMILES string of the molecule is COC[C@@H](c1nc(-c2ccc(C(=O)N[C@@H](CC(C)C)C(=O)N3C[C@H](F)[C@H]4OCC(=O)[C@H]43)cc2)cs1)N(C)C. The number of hydrogen-bond acceptors (Lipinski definition) is 8. The number of Topliss-reactive ketones (excluding diaryl/α,β-unsaturated/α-hetero) is 1. The van der Waals surface area contributed by atoms with Gasteiger partial charge in [0.2, 0.25) is 5.91 Å². The zero-order valence-corrected chi connectivity index (χ0v) is 23.2. The number of rotatable bonds is 10. The van der Waals surface area contributed by atoms with Crippen molar-refractivity contribution in [1.29, 1.82) is 0 Å². The summed E-state index contributed by atoms with van der Waals surface area (Å²) >= 11 is 1.55. The Hall–Kier alpha value is -2.73. The number of hydrogen-bond donors (Lipinski definition) is 1. The molecule has 38 heavy (non-hydrogen) atoms. The smallest absolute Gasteiger partial charge is 0.251 e. The van der Waals surface area contributed by atoms with Crippen LogP contribution in [0.5, 0.6) is 0 Å². The molecule has 1 aromatic heterocycles. The lowest BCUT2D eigenvalue weighted by Gasteiger charge is -2.28. The summed E-state index contributed by atoms with van der Waals surface area (Å²) in [6.45, 7) is 3.99. The quantitative estimate of drug-likeness (QED) is 0.489. The summed E-state index contributed by atoms with van der Waals surface area (Å²) in [7, 11) is 5.62. The van der Waals surface area contributed by atoms with Crippen molar-refractivity contribution in [2.24, 2.45) is 5.92 Å². The fraction of sp³-hybridized carbons (Fsp3) is 0.556. The molecule has 11 heteroatoms. The molecular weight excluding hydrogens is 511 g/mol. The summed E-state index contributed by atoms with van der Waals surface area (Å²) in [6, 6.07) is 5.26. The van der Waals surface area contributed by atoms with Crippen molar-refractivity contribution < 1.29 is 28.2 Å². The molecule has 2 amide bonds. The minimum absolute atomic E-state index is 0.0453. The summed E-state index contributed by atoms with van der Waals surface area (Å²) in [4.78, 5) is 46.8. The molecule has 2 fully saturated rings. The van der Waals surface area contributed by atoms with E-state index in [1.807, 2.05) is 45.5 Å². The number of thiazole rings is 1. The molecular formula is C27H35FN4O5S. The van der Waals surface area contributed by atoms with Gasteiger partial charge < -0.3 is 19.7 Å². The van der Waals surface area contributed by atoms with Gasteiger partial charge in [0, 0.05) is 23.6 Å². The summed E-state index contributed by atoms with van der Waals surface area (Å²) < 4.78 is 25.0. The summed E-state index contributed by atoms with van der Waals surface area (Å²) in [6.07, 6.45) is -1.99. The number of nitrogens with one attached hydrogen (secondary N) is 1. The predicted molar refractivity (Wildman–Crippen MR) is 142 cm³/mol. The van der Waals surface area contributed by atoms with E-state index in [2.05, 4.69) is 10.2 Å². The van der Waals surface area contributed by atoms with Crippen molar-refractivity contribution in [2.75, 3.05) is 41.0 Å². The molecule has 2 saturated heterocycles. The highest BCUT2D eigenvalue weighted by Crippen LogP contribution is 2.31. The maximum atomic E-state index is 14.4. The molecule has 4 rings (SSSR count). The maximum Gasteiger partial charge on any atom is 0.251 e. The number of likely N-dealkylation sites (N-methyl/N-ethyl adjacent to an activating group) is 1. The van der Waals surface area contributed by atoms with E-state index in [0.717, 1.165) is 16.3 Å². The van der Waals surface area contributed by atoms with Crippen molar-refractivity contribution in [3.8, 4) is 11.3 Å². The number of aromatic nitrogens is 1. The summed E-state index contributed by atoms with van der Waals surface area (Å²) in [5.41, 5.74) is 2.06. The minimum atomic E-state index is -1.42. The summed E-state index contributed by atoms with van der Waals surface area (Å²) in [5.74, 6) is -1.09. The highest BCUT2D eigenvalue weighted by Gasteiger charge is 2.53. The maximum absolute atomic E-state index is 14.4. The van der Waals surface area contributed by atoms with Crippen LogP contribution in [0, 0.1) is 5.92 Å². The van der Waals surface area contributed by atoms with E-state index >= 15 is 0 Å². The van der Waals surface area contributed by atoms with E-state index in [9.17, 15) is 18.8 Å². The minimum Gasteiger partial charge on any atom is -0.383 e. The van der Waals surface area contributed by atoms with Crippen LogP contribution in [0.1, 0.15) is 41.7 Å². The van der Waals surface area contributed by atoms with E-state index in [1.165, 1.54) is 4.90 Å². The van der Waals surface area contributed by atoms with Gasteiger partial charge in [0.05, 0.1) is 24.9 Å². The average molecular weight is 547 g/mol. The van der Waals surface area contributed by atoms with Gasteiger partial charge in [0.15, 0.2) is 5.78 Å². The van der Waals surface area contributed by atoms with E-state index in [-0.39, 0.29) is 30.9 Å². The third-order valence-corrected chi connectivity index (χ3v) is 7.86. The number of amides is 2. The summed E-state index contributed by atoms with van der Waals surface area (Å²) in [5, 5.41) is 5.73. The van der Waals surface area contributed by atoms with Crippen LogP contribution in [0.25, 0.3) is 11.3 Å². The third-order valence-electron chi connectivity index (χ3n) is 6.91. The zero-order chi connectivity index (χ0) is 27.6. The van der Waals surface area contributed by atoms with Crippen molar-refractivity contribution in [1.82, 2.24) is 20.1 Å². The number of likely N-dealkylation sites (tertiary alicyclic amines) is 1. The molecule has 5 atom stereocenters. The standard InChI is InChI=1S/C27H35FN4O5S/c1-15(2)10-19(27(35)32-11-18(28)24-23(32)22(33)13-37-24)29-25(34)17-8-6-16(7-9-17)20-14-38-26(30-20)21(12-36-5)31(3)4/h6-9,14-15,18-19,21,23-24H,10-13H2,1-5H3,(H,29,34)/t18-,19-,21-,23+,24+/m0/s1. The fourth-order valence-corrected chi connectivity index (χ4v) is 5.93. The number of ketones is 1. The van der Waals surface area contributed by atoms with Gasteiger partial charge in [-0.2, -0.15) is 0 Å². The number of nitrogens with zero attached hydrogens (tertiary/aromatic N) is 3. The highest BCUT2D eigenvalue weighted by atomic mass is 32.1. The molecule has 9 nitrogen and oxygen atoms in total. The molecule has 0 saturated carbocycles. The van der Waals surface area contributed by atoms with E-state index in [0.29, 0.717) is 18.6 Å². The molecule has 2 aliphatic rings. The van der Waals surface area contributed by atoms with Crippen molar-refractivity contribution in [2.45, 2.75) is 50.7 Å². The Morgan fingerprint density at radius 2 is 2.00 bits per heavy atom. The van der Waals surface area contributed by atoms with Crippen LogP contribution in [0.2, 0.25) is 0 Å². The number of ether oxygens (including phenoxy) is 2. The van der Waals surface area contributed by atoms with Crippen molar-refractivity contribution in [3.63, 3.8) is 0 Å². The molecule has 0 unspecified atom stereocenters. The Labute approximate surface area is 226 Å². The Balaban J connectivity index is 1.46. The number of carbonyl (C=O) groups excluding carboxylic acids is 3. The van der Waals surface area contributed by atoms with Crippen LogP contribution < -0.4 is 5.32 Å². The lowest BCUT2D eigenvalue weighted by molar-refractivity contribution is -0.138. The molecule has 0 radical (unpaired) electrons. The highest BCUT2D eigenvalue weighted by molar-refractivity contribution is 7.10. The Bertz CT molecular complexity index is 1150. The van der Waals surface area contributed by atoms with Gasteiger partial charge in [0.25, 0.3) is 5.91 Å². The molecule has 1 N–H and O–H groups in total. The van der Waals surface area contributed by atoms with Crippen molar-refractivity contribution in [3.05, 3.63) is 40.2 Å². The van der Waals surface area contributed by atoms with Crippen LogP contribution >= 0.6 is 11.3 Å². The van der Waals surface area contributed by atoms with E-state index < -0.39 is 36.2 Å². The fourth-order valence-electron chi connectivity index (χ4n) is 4.92. The average Bonchev–Trinajstić information content (AvgIpc) is 3.59. The van der Waals surface area contributed by atoms with Crippen LogP contribution in [-0.2, 0) is 19.1 Å². The van der Waals surface area contributed by atoms with Crippen LogP contribution in [0.3, 0.4) is 0 Å². The first kappa shape index (κ1) is 28.3. The van der Waals surface area contributed by atoms with Gasteiger partial charge in [-0.25, -0.2) is 9.37 Å². The second kappa shape index (κ2) is 12.0. The molecule has 2 aromatic rings. The third kappa shape index (κ3) is 5.96. The lowest BCUT2D eigenvalue weighted by Crippen LogP contribution is -2.52. The number of carbonyl (C=O) groups is 3. The predicted octanol–water partition coefficient (Wildman–Crippen LogP) is 2.72. The second-order valence-corrected chi connectivity index (χ2v) is 11.3. The van der Waals surface area contributed by atoms with Crippen molar-refractivity contribution >= 4 is 28.9 Å². The Kier molecular flexibility index (Phi) is 8.92. The van der Waals surface area contributed by atoms with Crippen LogP contribution in [0.15, 0.2) is 29.6 Å². The van der Waals surface area contributed by atoms with E-state index in [1.54, 1.807) is 30.6 Å². The number of methoxy groups -OCH3 is 1. The largest absolute Gasteiger partial charge is 0.383 e. The number of halogens is 1. The molecule has 0 aliphatic carbocycles. The topological polar surface area (TPSA) is 101 Å². The Morgan fingerprint density at radius 1 is 1.29 bits per heavy atom. The lowest BCUT2D eigenvalue weighted by atomic mass is 10.0. The molecule has 1 aromatic carbocycles. The number of fused-ring (bicyclic) bond motifs is 1. The van der Waals surface area contributed by atoms with Crippen LogP contribution in [0.4, 0.5) is 4.39 Å². The monoisotopic (exact) mass is 546 g/mol. The molecule has 2 aliphatic heterocycles. The number of alkyl halides is 1. The second-order valence-electron chi connectivity index (χ2n) is 10.4. The van der Waals surface area contributed by atoms with E-state index in [4.69, 9.17) is 14.5 Å². The molecule has 0 bridgehead atoms. The normalized spacial score (nSPS) is 22.7. The van der Waals surface area contributed by atoms with Gasteiger partial charge in [-0.1, -0.05) is 26.0 Å². The zero-order valence-electron chi connectivity index (χ0n) is 22.3. The van der Waals surface area contributed by atoms with Gasteiger partial charge in [-0.15, -0.1) is 11.3 Å².